The van der Waals surface area contributed by atoms with Crippen LogP contribution in [0.15, 0.2) is 0 Å². The molecule has 0 spiro atoms. The quantitative estimate of drug-likeness (QED) is 0.180. The molecule has 78 valence electrons. The molecule has 0 saturated heterocycles. The Labute approximate surface area is 76.5 Å². The standard InChI is InChI=1S/C6H16N4O3/c1-8-10-4-3-6(7,5(11)12)13-9-2/h8-10H,3-4,7H2,1-2H3,(H,11,12). The number of hydrazine groups is 1. The maximum Gasteiger partial charge on any atom is 0.353 e. The van der Waals surface area contributed by atoms with E-state index in [1.165, 1.54) is 7.05 Å². The lowest BCUT2D eigenvalue weighted by atomic mass is 10.1. The zero-order valence-electron chi connectivity index (χ0n) is 7.76. The summed E-state index contributed by atoms with van der Waals surface area (Å²) in [4.78, 5) is 15.4. The van der Waals surface area contributed by atoms with Crippen LogP contribution in [0.2, 0.25) is 0 Å². The Kier molecular flexibility index (Phi) is 5.51. The van der Waals surface area contributed by atoms with Crippen LogP contribution in [-0.4, -0.2) is 37.4 Å². The Bertz CT molecular complexity index is 166. The number of nitrogens with one attached hydrogen (secondary N) is 3. The van der Waals surface area contributed by atoms with E-state index >= 15 is 0 Å². The van der Waals surface area contributed by atoms with E-state index in [4.69, 9.17) is 15.7 Å². The summed E-state index contributed by atoms with van der Waals surface area (Å²) < 4.78 is 0. The van der Waals surface area contributed by atoms with Crippen molar-refractivity contribution in [2.45, 2.75) is 12.1 Å². The second-order valence-corrected chi connectivity index (χ2v) is 2.43. The van der Waals surface area contributed by atoms with Crippen LogP contribution in [0.5, 0.6) is 0 Å². The predicted octanol–water partition coefficient (Wildman–Crippen LogP) is -2.01. The largest absolute Gasteiger partial charge is 0.478 e. The van der Waals surface area contributed by atoms with Crippen LogP contribution in [0, 0.1) is 0 Å². The van der Waals surface area contributed by atoms with Crippen LogP contribution in [0.1, 0.15) is 6.42 Å². The number of hydrogen-bond donors (Lipinski definition) is 5. The summed E-state index contributed by atoms with van der Waals surface area (Å²) in [6.07, 6.45) is 0.143. The van der Waals surface area contributed by atoms with Gasteiger partial charge in [-0.3, -0.25) is 21.4 Å². The van der Waals surface area contributed by atoms with Crippen molar-refractivity contribution in [2.75, 3.05) is 20.6 Å². The predicted molar refractivity (Wildman–Crippen MR) is 46.4 cm³/mol. The molecule has 13 heavy (non-hydrogen) atoms. The highest BCUT2D eigenvalue weighted by atomic mass is 16.7. The lowest BCUT2D eigenvalue weighted by Crippen LogP contribution is -2.54. The van der Waals surface area contributed by atoms with Crippen molar-refractivity contribution >= 4 is 5.97 Å². The Hall–Kier alpha value is -0.730. The highest BCUT2D eigenvalue weighted by molar-refractivity contribution is 5.76. The van der Waals surface area contributed by atoms with Gasteiger partial charge in [-0.2, -0.15) is 0 Å². The van der Waals surface area contributed by atoms with Gasteiger partial charge in [-0.15, -0.1) is 0 Å². The van der Waals surface area contributed by atoms with E-state index < -0.39 is 11.7 Å². The summed E-state index contributed by atoms with van der Waals surface area (Å²) in [5.41, 5.74) is 11.4. The summed E-state index contributed by atoms with van der Waals surface area (Å²) in [5.74, 6) is -1.21. The molecule has 0 amide bonds. The normalized spacial score (nSPS) is 15.3. The molecular weight excluding hydrogens is 176 g/mol. The van der Waals surface area contributed by atoms with Gasteiger partial charge in [0.1, 0.15) is 0 Å². The molecule has 7 heteroatoms. The molecule has 0 rings (SSSR count). The first-order valence-electron chi connectivity index (χ1n) is 3.83. The second kappa shape index (κ2) is 5.84. The third-order valence-electron chi connectivity index (χ3n) is 1.44. The summed E-state index contributed by atoms with van der Waals surface area (Å²) in [7, 11) is 3.13. The fourth-order valence-corrected chi connectivity index (χ4v) is 0.757. The minimum Gasteiger partial charge on any atom is -0.478 e. The van der Waals surface area contributed by atoms with Crippen molar-refractivity contribution in [3.8, 4) is 0 Å². The Morgan fingerprint density at radius 1 is 1.62 bits per heavy atom. The number of hydroxylamine groups is 1. The average molecular weight is 192 g/mol. The number of nitrogens with two attached hydrogens (primary N) is 1. The molecule has 0 aliphatic carbocycles. The van der Waals surface area contributed by atoms with Gasteiger partial charge in [-0.05, 0) is 7.05 Å². The van der Waals surface area contributed by atoms with E-state index in [1.807, 2.05) is 0 Å². The molecule has 7 nitrogen and oxygen atoms in total. The molecule has 0 fully saturated rings. The SMILES string of the molecule is CNNCCC(N)(ONC)C(=O)O. The van der Waals surface area contributed by atoms with Gasteiger partial charge < -0.3 is 5.11 Å². The maximum atomic E-state index is 10.7. The fraction of sp³-hybridized carbons (Fsp3) is 0.833. The summed E-state index contributed by atoms with van der Waals surface area (Å²) in [5, 5.41) is 8.72. The number of carbonyl (C=O) groups is 1. The van der Waals surface area contributed by atoms with Crippen molar-refractivity contribution in [3.63, 3.8) is 0 Å². The van der Waals surface area contributed by atoms with Crippen molar-refractivity contribution in [2.24, 2.45) is 5.73 Å². The molecule has 1 unspecified atom stereocenters. The zero-order valence-corrected chi connectivity index (χ0v) is 7.76. The first kappa shape index (κ1) is 12.3. The van der Waals surface area contributed by atoms with Crippen LogP contribution < -0.4 is 22.1 Å². The lowest BCUT2D eigenvalue weighted by molar-refractivity contribution is -0.176. The van der Waals surface area contributed by atoms with Crippen LogP contribution in [0.4, 0.5) is 0 Å². The zero-order chi connectivity index (χ0) is 10.3. The molecule has 0 aliphatic heterocycles. The van der Waals surface area contributed by atoms with Crippen molar-refractivity contribution < 1.29 is 14.7 Å². The van der Waals surface area contributed by atoms with Crippen molar-refractivity contribution in [1.29, 1.82) is 0 Å². The Morgan fingerprint density at radius 2 is 2.23 bits per heavy atom. The molecule has 0 aliphatic rings. The van der Waals surface area contributed by atoms with Crippen molar-refractivity contribution in [1.82, 2.24) is 16.3 Å². The maximum absolute atomic E-state index is 10.7. The van der Waals surface area contributed by atoms with Gasteiger partial charge in [0, 0.05) is 20.0 Å². The average Bonchev–Trinajstić information content (AvgIpc) is 2.05. The Balaban J connectivity index is 4.00. The molecular formula is C6H16N4O3. The summed E-state index contributed by atoms with van der Waals surface area (Å²) in [6.45, 7) is 0.390. The third-order valence-corrected chi connectivity index (χ3v) is 1.44. The van der Waals surface area contributed by atoms with E-state index in [1.54, 1.807) is 7.05 Å². The van der Waals surface area contributed by atoms with Gasteiger partial charge in [0.2, 0.25) is 5.72 Å². The number of carboxylic acid groups (broad SMARTS) is 1. The molecule has 1 atom stereocenters. The third kappa shape index (κ3) is 4.15. The van der Waals surface area contributed by atoms with Crippen LogP contribution in [0.25, 0.3) is 0 Å². The molecule has 0 aromatic rings. The minimum absolute atomic E-state index is 0.143. The number of hydrogen-bond acceptors (Lipinski definition) is 6. The van der Waals surface area contributed by atoms with Gasteiger partial charge >= 0.3 is 5.97 Å². The fourth-order valence-electron chi connectivity index (χ4n) is 0.757. The first-order chi connectivity index (χ1) is 6.06. The van der Waals surface area contributed by atoms with Crippen molar-refractivity contribution in [3.05, 3.63) is 0 Å². The van der Waals surface area contributed by atoms with Gasteiger partial charge in [-0.1, -0.05) is 0 Å². The highest BCUT2D eigenvalue weighted by Crippen LogP contribution is 2.05. The van der Waals surface area contributed by atoms with Gasteiger partial charge in [0.15, 0.2) is 0 Å². The molecule has 0 heterocycles. The molecule has 0 radical (unpaired) electrons. The number of rotatable bonds is 7. The monoisotopic (exact) mass is 192 g/mol. The first-order valence-corrected chi connectivity index (χ1v) is 3.83. The lowest BCUT2D eigenvalue weighted by Gasteiger charge is -2.23. The molecule has 0 aromatic carbocycles. The molecule has 0 bridgehead atoms. The number of aliphatic carboxylic acids is 1. The van der Waals surface area contributed by atoms with E-state index in [0.29, 0.717) is 6.54 Å². The molecule has 0 saturated carbocycles. The molecule has 6 N–H and O–H groups in total. The van der Waals surface area contributed by atoms with Gasteiger partial charge in [0.25, 0.3) is 0 Å². The van der Waals surface area contributed by atoms with Gasteiger partial charge in [0.05, 0.1) is 0 Å². The van der Waals surface area contributed by atoms with E-state index in [2.05, 4.69) is 16.3 Å². The topological polar surface area (TPSA) is 109 Å². The smallest absolute Gasteiger partial charge is 0.353 e. The Morgan fingerprint density at radius 3 is 2.62 bits per heavy atom. The van der Waals surface area contributed by atoms with Crippen LogP contribution >= 0.6 is 0 Å². The van der Waals surface area contributed by atoms with E-state index in [-0.39, 0.29) is 6.42 Å². The van der Waals surface area contributed by atoms with Gasteiger partial charge in [-0.25, -0.2) is 10.3 Å². The van der Waals surface area contributed by atoms with Crippen LogP contribution in [0.3, 0.4) is 0 Å². The number of carboxylic acids is 1. The van der Waals surface area contributed by atoms with E-state index in [0.717, 1.165) is 0 Å². The highest BCUT2D eigenvalue weighted by Gasteiger charge is 2.34. The van der Waals surface area contributed by atoms with Crippen LogP contribution in [-0.2, 0) is 9.63 Å². The molecule has 0 aromatic heterocycles. The minimum atomic E-state index is -1.70. The second-order valence-electron chi connectivity index (χ2n) is 2.43. The summed E-state index contributed by atoms with van der Waals surface area (Å²) in [6, 6.07) is 0. The summed E-state index contributed by atoms with van der Waals surface area (Å²) >= 11 is 0. The van der Waals surface area contributed by atoms with E-state index in [9.17, 15) is 4.79 Å².